The Morgan fingerprint density at radius 1 is 0.880 bits per heavy atom. The molecule has 1 aromatic carbocycles. The second-order valence-electron chi connectivity index (χ2n) is 8.28. The highest BCUT2D eigenvalue weighted by molar-refractivity contribution is 6.30. The molecule has 25 heavy (non-hydrogen) atoms. The standard InChI is InChI=1S/C23H35ClO/c1-2-25-17-3-4-18-5-7-19(8-6-18)20-9-11-21(12-10-20)22-13-15-23(24)16-14-22/h13-16,18-21H,2-12,17H2,1H3. The topological polar surface area (TPSA) is 9.23 Å². The molecule has 2 saturated carbocycles. The van der Waals surface area contributed by atoms with Gasteiger partial charge in [0.15, 0.2) is 0 Å². The maximum atomic E-state index is 6.03. The summed E-state index contributed by atoms with van der Waals surface area (Å²) in [5.74, 6) is 3.74. The first-order valence-electron chi connectivity index (χ1n) is 10.6. The molecule has 3 rings (SSSR count). The van der Waals surface area contributed by atoms with Gasteiger partial charge in [0.05, 0.1) is 0 Å². The average Bonchev–Trinajstić information content (AvgIpc) is 2.67. The summed E-state index contributed by atoms with van der Waals surface area (Å²) in [6.07, 6.45) is 14.2. The Balaban J connectivity index is 1.37. The third kappa shape index (κ3) is 5.73. The van der Waals surface area contributed by atoms with Crippen molar-refractivity contribution in [3.63, 3.8) is 0 Å². The Kier molecular flexibility index (Phi) is 7.67. The van der Waals surface area contributed by atoms with Crippen LogP contribution in [-0.2, 0) is 4.74 Å². The van der Waals surface area contributed by atoms with E-state index in [2.05, 4.69) is 31.2 Å². The minimum absolute atomic E-state index is 0.767. The molecule has 140 valence electrons. The van der Waals surface area contributed by atoms with Crippen LogP contribution in [0.15, 0.2) is 24.3 Å². The van der Waals surface area contributed by atoms with Crippen molar-refractivity contribution < 1.29 is 4.74 Å². The van der Waals surface area contributed by atoms with Crippen LogP contribution in [0.5, 0.6) is 0 Å². The SMILES string of the molecule is CCOCCCC1CCC(C2CCC(c3ccc(Cl)cc3)CC2)CC1. The zero-order chi connectivity index (χ0) is 17.5. The van der Waals surface area contributed by atoms with Gasteiger partial charge in [0.25, 0.3) is 0 Å². The predicted molar refractivity (Wildman–Crippen MR) is 107 cm³/mol. The summed E-state index contributed by atoms with van der Waals surface area (Å²) in [6, 6.07) is 8.58. The lowest BCUT2D eigenvalue weighted by molar-refractivity contribution is 0.125. The molecule has 0 N–H and O–H groups in total. The molecule has 0 aliphatic heterocycles. The van der Waals surface area contributed by atoms with Crippen molar-refractivity contribution in [2.75, 3.05) is 13.2 Å². The quantitative estimate of drug-likeness (QED) is 0.464. The van der Waals surface area contributed by atoms with Crippen LogP contribution in [0.4, 0.5) is 0 Å². The van der Waals surface area contributed by atoms with Crippen molar-refractivity contribution in [1.82, 2.24) is 0 Å². The van der Waals surface area contributed by atoms with Gasteiger partial charge in [-0.2, -0.15) is 0 Å². The van der Waals surface area contributed by atoms with E-state index in [1.165, 1.54) is 69.8 Å². The normalized spacial score (nSPS) is 30.3. The van der Waals surface area contributed by atoms with Crippen LogP contribution in [0, 0.1) is 17.8 Å². The molecule has 0 aromatic heterocycles. The maximum absolute atomic E-state index is 6.03. The van der Waals surface area contributed by atoms with Gasteiger partial charge >= 0.3 is 0 Å². The van der Waals surface area contributed by atoms with Crippen molar-refractivity contribution in [3.8, 4) is 0 Å². The number of ether oxygens (including phenoxy) is 1. The van der Waals surface area contributed by atoms with E-state index in [-0.39, 0.29) is 0 Å². The van der Waals surface area contributed by atoms with Crippen molar-refractivity contribution >= 4 is 11.6 Å². The van der Waals surface area contributed by atoms with Crippen molar-refractivity contribution in [2.45, 2.75) is 77.0 Å². The second-order valence-corrected chi connectivity index (χ2v) is 8.72. The molecule has 1 aromatic rings. The molecule has 2 aliphatic carbocycles. The van der Waals surface area contributed by atoms with E-state index in [0.29, 0.717) is 0 Å². The van der Waals surface area contributed by atoms with Crippen LogP contribution in [-0.4, -0.2) is 13.2 Å². The van der Waals surface area contributed by atoms with E-state index < -0.39 is 0 Å². The van der Waals surface area contributed by atoms with Gasteiger partial charge in [-0.05, 0) is 99.7 Å². The van der Waals surface area contributed by atoms with Crippen LogP contribution < -0.4 is 0 Å². The molecule has 2 fully saturated rings. The highest BCUT2D eigenvalue weighted by atomic mass is 35.5. The number of hydrogen-bond donors (Lipinski definition) is 0. The van der Waals surface area contributed by atoms with Gasteiger partial charge in [-0.15, -0.1) is 0 Å². The van der Waals surface area contributed by atoms with Crippen LogP contribution in [0.3, 0.4) is 0 Å². The minimum Gasteiger partial charge on any atom is -0.382 e. The van der Waals surface area contributed by atoms with E-state index in [1.54, 1.807) is 0 Å². The van der Waals surface area contributed by atoms with Gasteiger partial charge in [-0.3, -0.25) is 0 Å². The fraction of sp³-hybridized carbons (Fsp3) is 0.739. The smallest absolute Gasteiger partial charge is 0.0465 e. The molecule has 1 nitrogen and oxygen atoms in total. The zero-order valence-electron chi connectivity index (χ0n) is 15.9. The average molecular weight is 363 g/mol. The van der Waals surface area contributed by atoms with Crippen LogP contribution in [0.25, 0.3) is 0 Å². The summed E-state index contributed by atoms with van der Waals surface area (Å²) in [7, 11) is 0. The number of rotatable bonds is 7. The molecular weight excluding hydrogens is 328 g/mol. The second kappa shape index (κ2) is 9.97. The first-order chi connectivity index (χ1) is 12.3. The molecule has 0 bridgehead atoms. The van der Waals surface area contributed by atoms with Crippen molar-refractivity contribution in [1.29, 1.82) is 0 Å². The molecule has 2 heteroatoms. The Bertz CT molecular complexity index is 481. The van der Waals surface area contributed by atoms with Crippen molar-refractivity contribution in [3.05, 3.63) is 34.9 Å². The molecule has 0 amide bonds. The first kappa shape index (κ1) is 19.2. The summed E-state index contributed by atoms with van der Waals surface area (Å²) in [4.78, 5) is 0. The monoisotopic (exact) mass is 362 g/mol. The van der Waals surface area contributed by atoms with Crippen LogP contribution in [0.2, 0.25) is 5.02 Å². The third-order valence-corrected chi connectivity index (χ3v) is 7.03. The van der Waals surface area contributed by atoms with Crippen molar-refractivity contribution in [2.24, 2.45) is 17.8 Å². The summed E-state index contributed by atoms with van der Waals surface area (Å²) in [5, 5.41) is 0.857. The summed E-state index contributed by atoms with van der Waals surface area (Å²) >= 11 is 6.03. The van der Waals surface area contributed by atoms with Crippen LogP contribution >= 0.6 is 11.6 Å². The van der Waals surface area contributed by atoms with E-state index in [0.717, 1.165) is 41.9 Å². The minimum atomic E-state index is 0.767. The number of hydrogen-bond acceptors (Lipinski definition) is 1. The van der Waals surface area contributed by atoms with E-state index >= 15 is 0 Å². The van der Waals surface area contributed by atoms with Gasteiger partial charge in [-0.1, -0.05) is 36.6 Å². The molecule has 0 saturated heterocycles. The molecule has 0 atom stereocenters. The fourth-order valence-corrected chi connectivity index (χ4v) is 5.35. The largest absolute Gasteiger partial charge is 0.382 e. The molecule has 0 spiro atoms. The predicted octanol–water partition coefficient (Wildman–Crippen LogP) is 7.24. The van der Waals surface area contributed by atoms with E-state index in [1.807, 2.05) is 0 Å². The Morgan fingerprint density at radius 3 is 2.08 bits per heavy atom. The van der Waals surface area contributed by atoms with E-state index in [9.17, 15) is 0 Å². The molecule has 0 unspecified atom stereocenters. The fourth-order valence-electron chi connectivity index (χ4n) is 5.23. The summed E-state index contributed by atoms with van der Waals surface area (Å²) in [6.45, 7) is 3.92. The molecule has 0 radical (unpaired) electrons. The lowest BCUT2D eigenvalue weighted by Crippen LogP contribution is -2.25. The van der Waals surface area contributed by atoms with Gasteiger partial charge < -0.3 is 4.74 Å². The zero-order valence-corrected chi connectivity index (χ0v) is 16.6. The number of halogens is 1. The van der Waals surface area contributed by atoms with E-state index in [4.69, 9.17) is 16.3 Å². The molecule has 2 aliphatic rings. The Hall–Kier alpha value is -0.530. The van der Waals surface area contributed by atoms with Gasteiger partial charge in [-0.25, -0.2) is 0 Å². The number of benzene rings is 1. The summed E-state index contributed by atoms with van der Waals surface area (Å²) < 4.78 is 5.49. The Morgan fingerprint density at radius 2 is 1.48 bits per heavy atom. The van der Waals surface area contributed by atoms with Gasteiger partial charge in [0.1, 0.15) is 0 Å². The Labute approximate surface area is 159 Å². The lowest BCUT2D eigenvalue weighted by Gasteiger charge is -2.38. The highest BCUT2D eigenvalue weighted by Gasteiger charge is 2.31. The molecular formula is C23H35ClO. The summed E-state index contributed by atoms with van der Waals surface area (Å²) in [5.41, 5.74) is 1.50. The highest BCUT2D eigenvalue weighted by Crippen LogP contribution is 2.44. The first-order valence-corrected chi connectivity index (χ1v) is 11.0. The third-order valence-electron chi connectivity index (χ3n) is 6.78. The maximum Gasteiger partial charge on any atom is 0.0465 e. The van der Waals surface area contributed by atoms with Gasteiger partial charge in [0, 0.05) is 18.2 Å². The lowest BCUT2D eigenvalue weighted by atomic mass is 9.68. The molecule has 0 heterocycles. The van der Waals surface area contributed by atoms with Crippen LogP contribution in [0.1, 0.15) is 82.6 Å². The van der Waals surface area contributed by atoms with Gasteiger partial charge in [0.2, 0.25) is 0 Å².